The SMILES string of the molecule is CC(=O)Nc1ccc(-c2cccc(C)c2)cc1C(=O)O. The quantitative estimate of drug-likeness (QED) is 0.898. The molecular weight excluding hydrogens is 254 g/mol. The lowest BCUT2D eigenvalue weighted by Crippen LogP contribution is -2.10. The Balaban J connectivity index is 2.50. The van der Waals surface area contributed by atoms with Crippen molar-refractivity contribution in [2.75, 3.05) is 5.32 Å². The molecule has 2 rings (SSSR count). The van der Waals surface area contributed by atoms with Crippen molar-refractivity contribution in [3.05, 3.63) is 53.6 Å². The summed E-state index contributed by atoms with van der Waals surface area (Å²) in [5, 5.41) is 11.8. The van der Waals surface area contributed by atoms with Crippen LogP contribution in [-0.2, 0) is 4.79 Å². The molecule has 2 aromatic rings. The highest BCUT2D eigenvalue weighted by Gasteiger charge is 2.12. The summed E-state index contributed by atoms with van der Waals surface area (Å²) >= 11 is 0. The largest absolute Gasteiger partial charge is 0.478 e. The van der Waals surface area contributed by atoms with Crippen molar-refractivity contribution in [1.82, 2.24) is 0 Å². The fourth-order valence-corrected chi connectivity index (χ4v) is 2.02. The third-order valence-corrected chi connectivity index (χ3v) is 2.91. The number of carboxylic acids is 1. The van der Waals surface area contributed by atoms with Gasteiger partial charge in [-0.15, -0.1) is 0 Å². The zero-order valence-corrected chi connectivity index (χ0v) is 11.3. The Bertz CT molecular complexity index is 677. The second-order valence-electron chi connectivity index (χ2n) is 4.62. The van der Waals surface area contributed by atoms with E-state index < -0.39 is 5.97 Å². The minimum Gasteiger partial charge on any atom is -0.478 e. The van der Waals surface area contributed by atoms with Crippen LogP contribution >= 0.6 is 0 Å². The molecule has 0 unspecified atom stereocenters. The maximum Gasteiger partial charge on any atom is 0.337 e. The molecule has 2 aromatic carbocycles. The molecule has 0 aliphatic heterocycles. The number of amides is 1. The number of carboxylic acid groups (broad SMARTS) is 1. The summed E-state index contributed by atoms with van der Waals surface area (Å²) in [6, 6.07) is 12.8. The number of aromatic carboxylic acids is 1. The van der Waals surface area contributed by atoms with E-state index in [4.69, 9.17) is 0 Å². The lowest BCUT2D eigenvalue weighted by Gasteiger charge is -2.10. The van der Waals surface area contributed by atoms with E-state index in [-0.39, 0.29) is 11.5 Å². The van der Waals surface area contributed by atoms with Crippen molar-refractivity contribution in [1.29, 1.82) is 0 Å². The van der Waals surface area contributed by atoms with E-state index in [0.717, 1.165) is 16.7 Å². The summed E-state index contributed by atoms with van der Waals surface area (Å²) in [7, 11) is 0. The predicted octanol–water partition coefficient (Wildman–Crippen LogP) is 3.32. The van der Waals surface area contributed by atoms with E-state index in [1.807, 2.05) is 31.2 Å². The van der Waals surface area contributed by atoms with E-state index in [9.17, 15) is 14.7 Å². The third kappa shape index (κ3) is 3.03. The van der Waals surface area contributed by atoms with Crippen LogP contribution < -0.4 is 5.32 Å². The molecule has 0 aromatic heterocycles. The van der Waals surface area contributed by atoms with E-state index in [0.29, 0.717) is 5.69 Å². The minimum absolute atomic E-state index is 0.0826. The molecule has 0 spiro atoms. The molecule has 0 heterocycles. The van der Waals surface area contributed by atoms with Crippen LogP contribution in [0.4, 0.5) is 5.69 Å². The number of aryl methyl sites for hydroxylation is 1. The number of hydrogen-bond acceptors (Lipinski definition) is 2. The zero-order valence-electron chi connectivity index (χ0n) is 11.3. The maximum absolute atomic E-state index is 11.3. The molecule has 4 nitrogen and oxygen atoms in total. The number of nitrogens with one attached hydrogen (secondary N) is 1. The lowest BCUT2D eigenvalue weighted by atomic mass is 10.0. The molecule has 0 fully saturated rings. The number of carbonyl (C=O) groups is 2. The summed E-state index contributed by atoms with van der Waals surface area (Å²) in [5.41, 5.74) is 3.24. The molecule has 0 saturated heterocycles. The van der Waals surface area contributed by atoms with Gasteiger partial charge in [-0.05, 0) is 30.2 Å². The first-order chi connectivity index (χ1) is 9.47. The monoisotopic (exact) mass is 269 g/mol. The van der Waals surface area contributed by atoms with Crippen LogP contribution in [0.1, 0.15) is 22.8 Å². The van der Waals surface area contributed by atoms with Gasteiger partial charge in [0.1, 0.15) is 0 Å². The van der Waals surface area contributed by atoms with Gasteiger partial charge in [0.2, 0.25) is 5.91 Å². The van der Waals surface area contributed by atoms with Crippen LogP contribution in [0.2, 0.25) is 0 Å². The zero-order chi connectivity index (χ0) is 14.7. The van der Waals surface area contributed by atoms with Gasteiger partial charge in [0.25, 0.3) is 0 Å². The Hall–Kier alpha value is -2.62. The fourth-order valence-electron chi connectivity index (χ4n) is 2.02. The molecule has 0 bridgehead atoms. The van der Waals surface area contributed by atoms with Gasteiger partial charge < -0.3 is 10.4 Å². The molecular formula is C16H15NO3. The van der Waals surface area contributed by atoms with Gasteiger partial charge in [0.15, 0.2) is 0 Å². The summed E-state index contributed by atoms with van der Waals surface area (Å²) in [6.45, 7) is 3.33. The Morgan fingerprint density at radius 1 is 1.05 bits per heavy atom. The summed E-state index contributed by atoms with van der Waals surface area (Å²) in [4.78, 5) is 22.4. The van der Waals surface area contributed by atoms with Crippen molar-refractivity contribution >= 4 is 17.6 Å². The number of rotatable bonds is 3. The lowest BCUT2D eigenvalue weighted by molar-refractivity contribution is -0.114. The summed E-state index contributed by atoms with van der Waals surface area (Å²) in [6.07, 6.45) is 0. The number of carbonyl (C=O) groups excluding carboxylic acids is 1. The highest BCUT2D eigenvalue weighted by atomic mass is 16.4. The van der Waals surface area contributed by atoms with Gasteiger partial charge in [-0.1, -0.05) is 35.9 Å². The van der Waals surface area contributed by atoms with Crippen LogP contribution in [0.5, 0.6) is 0 Å². The average molecular weight is 269 g/mol. The minimum atomic E-state index is -1.07. The highest BCUT2D eigenvalue weighted by molar-refractivity contribution is 6.01. The molecule has 0 aliphatic carbocycles. The van der Waals surface area contributed by atoms with Crippen LogP contribution in [-0.4, -0.2) is 17.0 Å². The Morgan fingerprint density at radius 3 is 2.35 bits per heavy atom. The van der Waals surface area contributed by atoms with Crippen LogP contribution in [0.15, 0.2) is 42.5 Å². The van der Waals surface area contributed by atoms with Gasteiger partial charge in [-0.3, -0.25) is 4.79 Å². The third-order valence-electron chi connectivity index (χ3n) is 2.91. The highest BCUT2D eigenvalue weighted by Crippen LogP contribution is 2.26. The number of hydrogen-bond donors (Lipinski definition) is 2. The molecule has 102 valence electrons. The summed E-state index contributed by atoms with van der Waals surface area (Å²) < 4.78 is 0. The summed E-state index contributed by atoms with van der Waals surface area (Å²) in [5.74, 6) is -1.36. The van der Waals surface area contributed by atoms with Crippen molar-refractivity contribution in [2.45, 2.75) is 13.8 Å². The topological polar surface area (TPSA) is 66.4 Å². The number of anilines is 1. The van der Waals surface area contributed by atoms with Gasteiger partial charge in [-0.2, -0.15) is 0 Å². The predicted molar refractivity (Wildman–Crippen MR) is 77.9 cm³/mol. The molecule has 1 amide bonds. The van der Waals surface area contributed by atoms with E-state index >= 15 is 0 Å². The van der Waals surface area contributed by atoms with Gasteiger partial charge >= 0.3 is 5.97 Å². The molecule has 0 radical (unpaired) electrons. The van der Waals surface area contributed by atoms with Crippen LogP contribution in [0.25, 0.3) is 11.1 Å². The fraction of sp³-hybridized carbons (Fsp3) is 0.125. The first-order valence-corrected chi connectivity index (χ1v) is 6.19. The van der Waals surface area contributed by atoms with Gasteiger partial charge in [0, 0.05) is 6.92 Å². The number of benzene rings is 2. The Kier molecular flexibility index (Phi) is 3.84. The van der Waals surface area contributed by atoms with E-state index in [1.54, 1.807) is 18.2 Å². The Morgan fingerprint density at radius 2 is 1.75 bits per heavy atom. The second-order valence-corrected chi connectivity index (χ2v) is 4.62. The smallest absolute Gasteiger partial charge is 0.337 e. The van der Waals surface area contributed by atoms with Crippen molar-refractivity contribution < 1.29 is 14.7 Å². The van der Waals surface area contributed by atoms with E-state index in [2.05, 4.69) is 5.32 Å². The van der Waals surface area contributed by atoms with E-state index in [1.165, 1.54) is 6.92 Å². The van der Waals surface area contributed by atoms with Gasteiger partial charge in [-0.25, -0.2) is 4.79 Å². The van der Waals surface area contributed by atoms with Gasteiger partial charge in [0.05, 0.1) is 11.3 Å². The average Bonchev–Trinajstić information content (AvgIpc) is 2.38. The molecule has 0 saturated carbocycles. The van der Waals surface area contributed by atoms with Crippen molar-refractivity contribution in [3.63, 3.8) is 0 Å². The van der Waals surface area contributed by atoms with Crippen LogP contribution in [0, 0.1) is 6.92 Å². The maximum atomic E-state index is 11.3. The molecule has 0 atom stereocenters. The first kappa shape index (κ1) is 13.8. The van der Waals surface area contributed by atoms with Crippen LogP contribution in [0.3, 0.4) is 0 Å². The molecule has 4 heteroatoms. The molecule has 0 aliphatic rings. The molecule has 2 N–H and O–H groups in total. The first-order valence-electron chi connectivity index (χ1n) is 6.19. The Labute approximate surface area is 117 Å². The van der Waals surface area contributed by atoms with Crippen molar-refractivity contribution in [2.24, 2.45) is 0 Å². The molecule has 20 heavy (non-hydrogen) atoms. The van der Waals surface area contributed by atoms with Crippen molar-refractivity contribution in [3.8, 4) is 11.1 Å². The standard InChI is InChI=1S/C16H15NO3/c1-10-4-3-5-12(8-10)13-6-7-15(17-11(2)18)14(9-13)16(19)20/h3-9H,1-2H3,(H,17,18)(H,19,20). The normalized spacial score (nSPS) is 10.1. The second kappa shape index (κ2) is 5.57.